The Morgan fingerprint density at radius 1 is 1.15 bits per heavy atom. The molecule has 1 aromatic carbocycles. The molecule has 0 bridgehead atoms. The van der Waals surface area contributed by atoms with Crippen molar-refractivity contribution in [2.24, 2.45) is 5.92 Å². The highest BCUT2D eigenvalue weighted by Gasteiger charge is 2.30. The molecule has 174 valence electrons. The van der Waals surface area contributed by atoms with Gasteiger partial charge in [-0.1, -0.05) is 18.2 Å². The van der Waals surface area contributed by atoms with Crippen LogP contribution in [0.15, 0.2) is 46.2 Å². The van der Waals surface area contributed by atoms with Gasteiger partial charge in [-0.3, -0.25) is 19.3 Å². The van der Waals surface area contributed by atoms with Crippen LogP contribution in [0.4, 0.5) is 5.69 Å². The zero-order valence-corrected chi connectivity index (χ0v) is 19.7. The molecule has 8 heteroatoms. The van der Waals surface area contributed by atoms with Crippen molar-refractivity contribution in [2.75, 3.05) is 25.0 Å². The molecule has 2 N–H and O–H groups in total. The third-order valence-electron chi connectivity index (χ3n) is 6.24. The first kappa shape index (κ1) is 23.2. The molecule has 4 rings (SSSR count). The van der Waals surface area contributed by atoms with E-state index in [-0.39, 0.29) is 35.3 Å². The maximum atomic E-state index is 13.0. The zero-order chi connectivity index (χ0) is 23.4. The molecule has 1 aliphatic rings. The van der Waals surface area contributed by atoms with Gasteiger partial charge in [0.05, 0.1) is 11.7 Å². The lowest BCUT2D eigenvalue weighted by Crippen LogP contribution is -2.48. The molecule has 0 aliphatic carbocycles. The number of Topliss-reactive ketones (excluding diaryl/α,β-unsaturated/α-hetero) is 1. The van der Waals surface area contributed by atoms with Crippen molar-refractivity contribution in [3.8, 4) is 0 Å². The summed E-state index contributed by atoms with van der Waals surface area (Å²) < 4.78 is 5.66. The van der Waals surface area contributed by atoms with Crippen LogP contribution in [-0.4, -0.2) is 48.2 Å². The molecule has 1 fully saturated rings. The Morgan fingerprint density at radius 3 is 2.61 bits per heavy atom. The number of hydrogen-bond acceptors (Lipinski definition) is 6. The molecule has 1 aliphatic heterocycles. The standard InChI is InChI=1S/C25H29N3O4S/c1-16(24(30)27-22-20-7-3-4-8-21(20)32-23(22)17(2)29)28-13-10-18(11-14-28)25(31)26-12-9-19-6-5-15-33-19/h3-8,15-16,18H,9-14H2,1-2H3,(H,26,31)(H,27,30). The molecular formula is C25H29N3O4S. The molecular weight excluding hydrogens is 438 g/mol. The molecule has 1 saturated heterocycles. The fourth-order valence-electron chi connectivity index (χ4n) is 4.27. The fourth-order valence-corrected chi connectivity index (χ4v) is 4.98. The lowest BCUT2D eigenvalue weighted by Gasteiger charge is -2.34. The minimum absolute atomic E-state index is 0.0259. The predicted molar refractivity (Wildman–Crippen MR) is 130 cm³/mol. The number of rotatable bonds is 8. The highest BCUT2D eigenvalue weighted by molar-refractivity contribution is 7.09. The van der Waals surface area contributed by atoms with E-state index in [1.54, 1.807) is 17.4 Å². The van der Waals surface area contributed by atoms with E-state index in [0.29, 0.717) is 36.3 Å². The maximum Gasteiger partial charge on any atom is 0.241 e. The summed E-state index contributed by atoms with van der Waals surface area (Å²) in [4.78, 5) is 40.9. The van der Waals surface area contributed by atoms with E-state index in [0.717, 1.165) is 19.3 Å². The van der Waals surface area contributed by atoms with E-state index >= 15 is 0 Å². The molecule has 1 atom stereocenters. The van der Waals surface area contributed by atoms with Gasteiger partial charge in [-0.2, -0.15) is 0 Å². The normalized spacial score (nSPS) is 15.9. The summed E-state index contributed by atoms with van der Waals surface area (Å²) in [6.45, 7) is 5.27. The van der Waals surface area contributed by atoms with Crippen LogP contribution in [0.2, 0.25) is 0 Å². The largest absolute Gasteiger partial charge is 0.451 e. The van der Waals surface area contributed by atoms with E-state index in [1.165, 1.54) is 11.8 Å². The highest BCUT2D eigenvalue weighted by Crippen LogP contribution is 2.31. The predicted octanol–water partition coefficient (Wildman–Crippen LogP) is 4.09. The number of hydrogen-bond donors (Lipinski definition) is 2. The van der Waals surface area contributed by atoms with Crippen LogP contribution < -0.4 is 10.6 Å². The number of fused-ring (bicyclic) bond motifs is 1. The molecule has 3 aromatic rings. The van der Waals surface area contributed by atoms with Gasteiger partial charge < -0.3 is 15.1 Å². The van der Waals surface area contributed by atoms with Crippen molar-refractivity contribution < 1.29 is 18.8 Å². The van der Waals surface area contributed by atoms with Crippen LogP contribution in [0.5, 0.6) is 0 Å². The van der Waals surface area contributed by atoms with Crippen LogP contribution in [0, 0.1) is 5.92 Å². The topological polar surface area (TPSA) is 91.7 Å². The number of amides is 2. The molecule has 0 saturated carbocycles. The minimum atomic E-state index is -0.388. The van der Waals surface area contributed by atoms with Crippen molar-refractivity contribution in [3.05, 3.63) is 52.4 Å². The Morgan fingerprint density at radius 2 is 1.91 bits per heavy atom. The van der Waals surface area contributed by atoms with Crippen molar-refractivity contribution >= 4 is 45.6 Å². The minimum Gasteiger partial charge on any atom is -0.451 e. The number of ketones is 1. The maximum absolute atomic E-state index is 13.0. The number of nitrogens with zero attached hydrogens (tertiary/aromatic N) is 1. The van der Waals surface area contributed by atoms with E-state index in [9.17, 15) is 14.4 Å². The molecule has 7 nitrogen and oxygen atoms in total. The van der Waals surface area contributed by atoms with Crippen LogP contribution in [0.25, 0.3) is 11.0 Å². The summed E-state index contributed by atoms with van der Waals surface area (Å²) in [5.74, 6) is -0.195. The molecule has 0 spiro atoms. The van der Waals surface area contributed by atoms with Crippen molar-refractivity contribution in [1.82, 2.24) is 10.2 Å². The van der Waals surface area contributed by atoms with Crippen LogP contribution in [0.1, 0.15) is 42.1 Å². The monoisotopic (exact) mass is 467 g/mol. The molecule has 2 amide bonds. The molecule has 33 heavy (non-hydrogen) atoms. The number of carbonyl (C=O) groups excluding carboxylic acids is 3. The number of piperidine rings is 1. The Balaban J connectivity index is 1.31. The number of furan rings is 1. The average Bonchev–Trinajstić information content (AvgIpc) is 3.47. The van der Waals surface area contributed by atoms with Gasteiger partial charge >= 0.3 is 0 Å². The van der Waals surface area contributed by atoms with Gasteiger partial charge in [0.25, 0.3) is 0 Å². The second-order valence-electron chi connectivity index (χ2n) is 8.45. The van der Waals surface area contributed by atoms with Gasteiger partial charge in [0, 0.05) is 29.6 Å². The fraction of sp³-hybridized carbons (Fsp3) is 0.400. The lowest BCUT2D eigenvalue weighted by atomic mass is 9.95. The Kier molecular flexibility index (Phi) is 7.25. The van der Waals surface area contributed by atoms with Gasteiger partial charge in [-0.25, -0.2) is 0 Å². The number of likely N-dealkylation sites (tertiary alicyclic amines) is 1. The zero-order valence-electron chi connectivity index (χ0n) is 18.9. The van der Waals surface area contributed by atoms with E-state index < -0.39 is 0 Å². The number of nitrogens with one attached hydrogen (secondary N) is 2. The first-order valence-corrected chi connectivity index (χ1v) is 12.2. The highest BCUT2D eigenvalue weighted by atomic mass is 32.1. The first-order valence-electron chi connectivity index (χ1n) is 11.3. The third-order valence-corrected chi connectivity index (χ3v) is 7.18. The summed E-state index contributed by atoms with van der Waals surface area (Å²) in [6.07, 6.45) is 2.29. The van der Waals surface area contributed by atoms with Crippen molar-refractivity contribution in [2.45, 2.75) is 39.2 Å². The van der Waals surface area contributed by atoms with E-state index in [1.807, 2.05) is 36.6 Å². The Hall–Kier alpha value is -2.97. The van der Waals surface area contributed by atoms with Crippen LogP contribution in [0.3, 0.4) is 0 Å². The number of benzene rings is 1. The van der Waals surface area contributed by atoms with Crippen LogP contribution >= 0.6 is 11.3 Å². The van der Waals surface area contributed by atoms with Crippen LogP contribution in [-0.2, 0) is 16.0 Å². The van der Waals surface area contributed by atoms with Gasteiger partial charge in [-0.15, -0.1) is 11.3 Å². The van der Waals surface area contributed by atoms with Gasteiger partial charge in [-0.05, 0) is 62.9 Å². The van der Waals surface area contributed by atoms with Gasteiger partial charge in [0.15, 0.2) is 11.5 Å². The lowest BCUT2D eigenvalue weighted by molar-refractivity contribution is -0.127. The number of para-hydroxylation sites is 1. The Bertz CT molecular complexity index is 1130. The Labute approximate surface area is 197 Å². The van der Waals surface area contributed by atoms with Crippen molar-refractivity contribution in [1.29, 1.82) is 0 Å². The number of carbonyl (C=O) groups is 3. The van der Waals surface area contributed by atoms with Gasteiger partial charge in [0.2, 0.25) is 11.8 Å². The molecule has 1 unspecified atom stereocenters. The SMILES string of the molecule is CC(=O)c1oc2ccccc2c1NC(=O)C(C)N1CCC(C(=O)NCCc2cccs2)CC1. The summed E-state index contributed by atoms with van der Waals surface area (Å²) >= 11 is 1.70. The van der Waals surface area contributed by atoms with E-state index in [2.05, 4.69) is 21.6 Å². The molecule has 2 aromatic heterocycles. The smallest absolute Gasteiger partial charge is 0.241 e. The summed E-state index contributed by atoms with van der Waals surface area (Å²) in [5, 5.41) is 8.71. The third kappa shape index (κ3) is 5.34. The van der Waals surface area contributed by atoms with Crippen molar-refractivity contribution in [3.63, 3.8) is 0 Å². The second kappa shape index (κ2) is 10.3. The summed E-state index contributed by atoms with van der Waals surface area (Å²) in [7, 11) is 0. The number of thiophene rings is 1. The first-order chi connectivity index (χ1) is 15.9. The summed E-state index contributed by atoms with van der Waals surface area (Å²) in [5.41, 5.74) is 0.992. The molecule has 0 radical (unpaired) electrons. The van der Waals surface area contributed by atoms with Gasteiger partial charge in [0.1, 0.15) is 5.58 Å². The van der Waals surface area contributed by atoms with E-state index in [4.69, 9.17) is 4.42 Å². The molecule has 3 heterocycles. The number of anilines is 1. The quantitative estimate of drug-likeness (QED) is 0.487. The summed E-state index contributed by atoms with van der Waals surface area (Å²) in [6, 6.07) is 11.0. The second-order valence-corrected chi connectivity index (χ2v) is 9.49. The average molecular weight is 468 g/mol.